The lowest BCUT2D eigenvalue weighted by molar-refractivity contribution is -0.130. The Kier molecular flexibility index (Phi) is 7.33. The van der Waals surface area contributed by atoms with E-state index in [1.54, 1.807) is 18.2 Å². The molecule has 1 saturated heterocycles. The van der Waals surface area contributed by atoms with E-state index in [1.807, 2.05) is 4.90 Å². The van der Waals surface area contributed by atoms with E-state index >= 15 is 0 Å². The second-order valence-corrected chi connectivity index (χ2v) is 7.16. The van der Waals surface area contributed by atoms with Crippen LogP contribution in [0, 0.1) is 0 Å². The second-order valence-electron chi connectivity index (χ2n) is 5.59. The van der Waals surface area contributed by atoms with Crippen molar-refractivity contribution in [2.24, 2.45) is 0 Å². The van der Waals surface area contributed by atoms with Crippen molar-refractivity contribution in [1.29, 1.82) is 0 Å². The van der Waals surface area contributed by atoms with Gasteiger partial charge in [0, 0.05) is 42.8 Å². The minimum absolute atomic E-state index is 0. The molecule has 24 heavy (non-hydrogen) atoms. The molecule has 1 aromatic carbocycles. The fraction of sp³-hybridized carbons (Fsp3) is 0.562. The number of hydrogen-bond donors (Lipinski definition) is 1. The normalized spacial score (nSPS) is 18.2. The number of rotatable bonds is 4. The molecule has 1 atom stereocenters. The fourth-order valence-electron chi connectivity index (χ4n) is 2.72. The van der Waals surface area contributed by atoms with Crippen molar-refractivity contribution >= 4 is 29.1 Å². The van der Waals surface area contributed by atoms with Gasteiger partial charge in [-0.2, -0.15) is 0 Å². The van der Waals surface area contributed by atoms with Crippen LogP contribution in [0.3, 0.4) is 0 Å². The van der Waals surface area contributed by atoms with Crippen LogP contribution in [0.1, 0.15) is 12.8 Å². The van der Waals surface area contributed by atoms with Crippen molar-refractivity contribution in [3.05, 3.63) is 18.2 Å². The molecule has 0 aliphatic carbocycles. The molecule has 2 heterocycles. The zero-order valence-corrected chi connectivity index (χ0v) is 15.1. The molecule has 3 rings (SSSR count). The molecule has 8 heteroatoms. The first-order chi connectivity index (χ1) is 11.2. The number of amides is 1. The molecule has 134 valence electrons. The molecule has 6 nitrogen and oxygen atoms in total. The summed E-state index contributed by atoms with van der Waals surface area (Å²) in [6.07, 6.45) is 1.28. The first kappa shape index (κ1) is 19.0. The molecule has 2 aliphatic heterocycles. The van der Waals surface area contributed by atoms with Gasteiger partial charge in [-0.3, -0.25) is 9.00 Å². The fourth-order valence-corrected chi connectivity index (χ4v) is 3.77. The summed E-state index contributed by atoms with van der Waals surface area (Å²) in [4.78, 5) is 14.8. The summed E-state index contributed by atoms with van der Waals surface area (Å²) in [5.74, 6) is 1.74. The number of halogens is 1. The smallest absolute Gasteiger partial charge is 0.223 e. The number of carbonyl (C=O) groups excluding carboxylic acids is 1. The molecule has 1 amide bonds. The molecule has 1 unspecified atom stereocenters. The van der Waals surface area contributed by atoms with Crippen LogP contribution in [0.4, 0.5) is 0 Å². The van der Waals surface area contributed by atoms with Crippen molar-refractivity contribution in [2.75, 3.05) is 45.1 Å². The molecular formula is C16H23ClN2O4S. The molecule has 0 bridgehead atoms. The van der Waals surface area contributed by atoms with Crippen LogP contribution in [-0.2, 0) is 15.6 Å². The Balaban J connectivity index is 0.00000208. The molecule has 0 radical (unpaired) electrons. The highest BCUT2D eigenvalue weighted by Gasteiger charge is 2.18. The minimum atomic E-state index is -1.21. The first-order valence-electron chi connectivity index (χ1n) is 8.00. The second kappa shape index (κ2) is 9.25. The van der Waals surface area contributed by atoms with E-state index in [4.69, 9.17) is 9.47 Å². The SMILES string of the molecule is Cl.O=C(CCS(=O)c1ccc2c(c1)OCCO2)N1CCCNCC1. The van der Waals surface area contributed by atoms with Crippen LogP contribution < -0.4 is 14.8 Å². The largest absolute Gasteiger partial charge is 0.486 e. The lowest BCUT2D eigenvalue weighted by Gasteiger charge is -2.20. The zero-order valence-electron chi connectivity index (χ0n) is 13.5. The summed E-state index contributed by atoms with van der Waals surface area (Å²) in [6, 6.07) is 5.32. The van der Waals surface area contributed by atoms with E-state index < -0.39 is 10.8 Å². The third-order valence-corrected chi connectivity index (χ3v) is 5.33. The summed E-state index contributed by atoms with van der Waals surface area (Å²) >= 11 is 0. The maximum absolute atomic E-state index is 12.4. The third-order valence-electron chi connectivity index (χ3n) is 3.97. The van der Waals surface area contributed by atoms with Gasteiger partial charge in [0.1, 0.15) is 13.2 Å². The number of ether oxygens (including phenoxy) is 2. The molecular weight excluding hydrogens is 352 g/mol. The molecule has 0 spiro atoms. The highest BCUT2D eigenvalue weighted by Crippen LogP contribution is 2.31. The average Bonchev–Trinajstić information content (AvgIpc) is 2.88. The van der Waals surface area contributed by atoms with Gasteiger partial charge in [0.15, 0.2) is 11.5 Å². The topological polar surface area (TPSA) is 67.9 Å². The van der Waals surface area contributed by atoms with E-state index in [0.29, 0.717) is 41.8 Å². The highest BCUT2D eigenvalue weighted by molar-refractivity contribution is 7.85. The quantitative estimate of drug-likeness (QED) is 0.857. The Bertz CT molecular complexity index is 591. The number of carbonyl (C=O) groups is 1. The Labute approximate surface area is 150 Å². The van der Waals surface area contributed by atoms with Gasteiger partial charge in [-0.1, -0.05) is 0 Å². The number of hydrogen-bond acceptors (Lipinski definition) is 5. The predicted octanol–water partition coefficient (Wildman–Crippen LogP) is 1.20. The highest BCUT2D eigenvalue weighted by atomic mass is 35.5. The van der Waals surface area contributed by atoms with Gasteiger partial charge in [0.2, 0.25) is 5.91 Å². The molecule has 1 N–H and O–H groups in total. The monoisotopic (exact) mass is 374 g/mol. The van der Waals surface area contributed by atoms with E-state index in [1.165, 1.54) is 0 Å². The summed E-state index contributed by atoms with van der Waals surface area (Å²) < 4.78 is 23.4. The molecule has 0 saturated carbocycles. The standard InChI is InChI=1S/C16H22N2O4S.ClH/c19-16(18-7-1-5-17-6-8-18)4-11-23(20)13-2-3-14-15(12-13)22-10-9-21-14;/h2-3,12,17H,1,4-11H2;1H. The van der Waals surface area contributed by atoms with Crippen LogP contribution in [0.5, 0.6) is 11.5 Å². The van der Waals surface area contributed by atoms with Gasteiger partial charge in [-0.05, 0) is 25.1 Å². The Morgan fingerprint density at radius 3 is 2.79 bits per heavy atom. The maximum Gasteiger partial charge on any atom is 0.223 e. The van der Waals surface area contributed by atoms with Gasteiger partial charge in [0.05, 0.1) is 10.8 Å². The van der Waals surface area contributed by atoms with Crippen LogP contribution in [0.2, 0.25) is 0 Å². The van der Waals surface area contributed by atoms with Crippen molar-refractivity contribution in [3.63, 3.8) is 0 Å². The van der Waals surface area contributed by atoms with Crippen molar-refractivity contribution in [3.8, 4) is 11.5 Å². The van der Waals surface area contributed by atoms with Gasteiger partial charge in [-0.15, -0.1) is 12.4 Å². The first-order valence-corrected chi connectivity index (χ1v) is 9.32. The van der Waals surface area contributed by atoms with E-state index in [-0.39, 0.29) is 18.3 Å². The van der Waals surface area contributed by atoms with E-state index in [0.717, 1.165) is 32.6 Å². The maximum atomic E-state index is 12.4. The van der Waals surface area contributed by atoms with Crippen LogP contribution in [-0.4, -0.2) is 60.2 Å². The minimum Gasteiger partial charge on any atom is -0.486 e. The number of nitrogens with zero attached hydrogens (tertiary/aromatic N) is 1. The van der Waals surface area contributed by atoms with Gasteiger partial charge in [0.25, 0.3) is 0 Å². The van der Waals surface area contributed by atoms with Gasteiger partial charge < -0.3 is 19.7 Å². The lowest BCUT2D eigenvalue weighted by atomic mass is 10.3. The number of fused-ring (bicyclic) bond motifs is 1. The molecule has 1 aromatic rings. The molecule has 1 fully saturated rings. The van der Waals surface area contributed by atoms with Crippen LogP contribution in [0.15, 0.2) is 23.1 Å². The summed E-state index contributed by atoms with van der Waals surface area (Å²) in [5.41, 5.74) is 0. The van der Waals surface area contributed by atoms with Crippen LogP contribution in [0.25, 0.3) is 0 Å². The summed E-state index contributed by atoms with van der Waals surface area (Å²) in [6.45, 7) is 4.33. The molecule has 2 aliphatic rings. The van der Waals surface area contributed by atoms with Crippen molar-refractivity contribution < 1.29 is 18.5 Å². The Morgan fingerprint density at radius 2 is 1.96 bits per heavy atom. The third kappa shape index (κ3) is 4.84. The zero-order chi connectivity index (χ0) is 16.1. The number of benzene rings is 1. The lowest BCUT2D eigenvalue weighted by Crippen LogP contribution is -2.34. The van der Waals surface area contributed by atoms with Crippen molar-refractivity contribution in [2.45, 2.75) is 17.7 Å². The van der Waals surface area contributed by atoms with E-state index in [2.05, 4.69) is 5.32 Å². The average molecular weight is 375 g/mol. The Morgan fingerprint density at radius 1 is 1.17 bits per heavy atom. The molecule has 0 aromatic heterocycles. The van der Waals surface area contributed by atoms with Crippen molar-refractivity contribution in [1.82, 2.24) is 10.2 Å². The van der Waals surface area contributed by atoms with Gasteiger partial charge >= 0.3 is 0 Å². The number of nitrogens with one attached hydrogen (secondary N) is 1. The van der Waals surface area contributed by atoms with Crippen LogP contribution >= 0.6 is 12.4 Å². The predicted molar refractivity (Wildman–Crippen MR) is 94.6 cm³/mol. The van der Waals surface area contributed by atoms with E-state index in [9.17, 15) is 9.00 Å². The summed E-state index contributed by atoms with van der Waals surface area (Å²) in [7, 11) is -1.21. The summed E-state index contributed by atoms with van der Waals surface area (Å²) in [5, 5.41) is 3.27. The van der Waals surface area contributed by atoms with Gasteiger partial charge in [-0.25, -0.2) is 0 Å². The Hall–Kier alpha value is -1.31.